The molecule has 0 bridgehead atoms. The van der Waals surface area contributed by atoms with Gasteiger partial charge in [0.15, 0.2) is 5.96 Å². The van der Waals surface area contributed by atoms with Crippen LogP contribution in [0.15, 0.2) is 41.7 Å². The van der Waals surface area contributed by atoms with Crippen LogP contribution in [0.5, 0.6) is 0 Å². The molecule has 38 heavy (non-hydrogen) atoms. The Balaban J connectivity index is 1.38. The van der Waals surface area contributed by atoms with Gasteiger partial charge in [0, 0.05) is 11.2 Å². The summed E-state index contributed by atoms with van der Waals surface area (Å²) in [6.45, 7) is -0.280. The number of carboxylic acid groups (broad SMARTS) is 1. The van der Waals surface area contributed by atoms with Gasteiger partial charge >= 0.3 is 5.97 Å². The minimum Gasteiger partial charge on any atom is -0.481 e. The molecule has 1 fully saturated rings. The standard InChI is InChI=1S/C25H25ClFN7O4/c26-17-4-14(3-16(6-17)25(13-28)1-2-25)20(7-22(36)37)34-21(35)12-30-23(38)15-5-19(11-29-8-15)33-24-31-9-18(27)10-32-24/h3-6,8,11,18,20H,1-2,7,9-10,12H2,(H,30,38)(H,34,35)(H,36,37)(H2,31,32,33). The Labute approximate surface area is 222 Å². The maximum absolute atomic E-state index is 13.2. The molecule has 4 rings (SSSR count). The Kier molecular flexibility index (Phi) is 8.07. The number of anilines is 1. The van der Waals surface area contributed by atoms with Crippen molar-refractivity contribution >= 4 is 41.0 Å². The summed E-state index contributed by atoms with van der Waals surface area (Å²) < 4.78 is 13.2. The van der Waals surface area contributed by atoms with Crippen molar-refractivity contribution in [3.05, 3.63) is 58.4 Å². The van der Waals surface area contributed by atoms with Crippen molar-refractivity contribution in [3.8, 4) is 6.07 Å². The summed E-state index contributed by atoms with van der Waals surface area (Å²) in [6, 6.07) is 7.76. The van der Waals surface area contributed by atoms with Gasteiger partial charge in [-0.1, -0.05) is 17.7 Å². The van der Waals surface area contributed by atoms with Crippen LogP contribution in [0.3, 0.4) is 0 Å². The monoisotopic (exact) mass is 541 g/mol. The van der Waals surface area contributed by atoms with Crippen LogP contribution in [0.2, 0.25) is 5.02 Å². The zero-order chi connectivity index (χ0) is 27.3. The van der Waals surface area contributed by atoms with Crippen LogP contribution >= 0.6 is 11.6 Å². The molecule has 1 aliphatic heterocycles. The minimum absolute atomic E-state index is 0.0244. The van der Waals surface area contributed by atoms with Crippen LogP contribution in [0.1, 0.15) is 46.8 Å². The number of hydrogen-bond acceptors (Lipinski definition) is 8. The van der Waals surface area contributed by atoms with Crippen molar-refractivity contribution in [2.75, 3.05) is 25.0 Å². The Morgan fingerprint density at radius 2 is 2.05 bits per heavy atom. The summed E-state index contributed by atoms with van der Waals surface area (Å²) in [5, 5.41) is 30.0. The quantitative estimate of drug-likeness (QED) is 0.321. The van der Waals surface area contributed by atoms with Crippen LogP contribution in [0, 0.1) is 11.3 Å². The molecule has 0 radical (unpaired) electrons. The first-order valence-corrected chi connectivity index (χ1v) is 12.2. The molecule has 13 heteroatoms. The molecule has 198 valence electrons. The number of carbonyl (C=O) groups is 3. The SMILES string of the molecule is N#CC1(c2cc(Cl)cc(C(CC(=O)O)NC(=O)CNC(=O)c3cncc(NC4=NCC(F)CN4)c3)c2)CC1. The normalized spacial score (nSPS) is 18.1. The molecule has 1 aliphatic carbocycles. The fraction of sp³-hybridized carbons (Fsp3) is 0.360. The fourth-order valence-electron chi connectivity index (χ4n) is 3.99. The lowest BCUT2D eigenvalue weighted by Gasteiger charge is -2.20. The molecule has 1 aromatic heterocycles. The molecule has 1 aromatic carbocycles. The highest BCUT2D eigenvalue weighted by Crippen LogP contribution is 2.48. The lowest BCUT2D eigenvalue weighted by atomic mass is 9.93. The van der Waals surface area contributed by atoms with E-state index in [1.165, 1.54) is 18.5 Å². The first-order chi connectivity index (χ1) is 18.2. The van der Waals surface area contributed by atoms with Crippen molar-refractivity contribution in [2.24, 2.45) is 4.99 Å². The van der Waals surface area contributed by atoms with Crippen molar-refractivity contribution in [2.45, 2.75) is 36.9 Å². The summed E-state index contributed by atoms with van der Waals surface area (Å²) in [7, 11) is 0. The number of pyridine rings is 1. The number of nitrogens with zero attached hydrogens (tertiary/aromatic N) is 3. The number of benzene rings is 1. The van der Waals surface area contributed by atoms with Crippen LogP contribution in [0.4, 0.5) is 10.1 Å². The predicted molar refractivity (Wildman–Crippen MR) is 137 cm³/mol. The maximum atomic E-state index is 13.2. The van der Waals surface area contributed by atoms with E-state index in [9.17, 15) is 29.1 Å². The van der Waals surface area contributed by atoms with Gasteiger partial charge in [-0.3, -0.25) is 19.4 Å². The topological polar surface area (TPSA) is 169 Å². The van der Waals surface area contributed by atoms with Crippen LogP contribution in [-0.4, -0.2) is 59.6 Å². The van der Waals surface area contributed by atoms with Gasteiger partial charge in [0.05, 0.1) is 61.0 Å². The largest absolute Gasteiger partial charge is 0.481 e. The number of nitriles is 1. The van der Waals surface area contributed by atoms with Crippen LogP contribution in [-0.2, 0) is 15.0 Å². The molecule has 0 spiro atoms. The second-order valence-electron chi connectivity index (χ2n) is 9.12. The van der Waals surface area contributed by atoms with Gasteiger partial charge in [0.25, 0.3) is 5.91 Å². The molecule has 2 aliphatic rings. The highest BCUT2D eigenvalue weighted by atomic mass is 35.5. The number of hydrogen-bond donors (Lipinski definition) is 5. The zero-order valence-electron chi connectivity index (χ0n) is 20.1. The Morgan fingerprint density at radius 3 is 2.71 bits per heavy atom. The number of rotatable bonds is 9. The van der Waals surface area contributed by atoms with E-state index in [1.807, 2.05) is 0 Å². The molecule has 2 atom stereocenters. The third-order valence-electron chi connectivity index (χ3n) is 6.16. The van der Waals surface area contributed by atoms with E-state index in [-0.39, 0.29) is 18.7 Å². The van der Waals surface area contributed by atoms with Gasteiger partial charge < -0.3 is 26.4 Å². The third kappa shape index (κ3) is 6.74. The second-order valence-corrected chi connectivity index (χ2v) is 9.56. The summed E-state index contributed by atoms with van der Waals surface area (Å²) in [4.78, 5) is 44.8. The zero-order valence-corrected chi connectivity index (χ0v) is 20.9. The number of carboxylic acids is 1. The van der Waals surface area contributed by atoms with E-state index in [4.69, 9.17) is 11.6 Å². The number of carbonyl (C=O) groups excluding carboxylic acids is 2. The highest BCUT2D eigenvalue weighted by Gasteiger charge is 2.45. The molecular weight excluding hydrogens is 517 g/mol. The molecule has 2 aromatic rings. The van der Waals surface area contributed by atoms with Crippen molar-refractivity contribution in [3.63, 3.8) is 0 Å². The van der Waals surface area contributed by atoms with E-state index >= 15 is 0 Å². The van der Waals surface area contributed by atoms with Crippen molar-refractivity contribution in [1.82, 2.24) is 20.9 Å². The first kappa shape index (κ1) is 26.8. The van der Waals surface area contributed by atoms with Gasteiger partial charge in [-0.05, 0) is 42.2 Å². The number of halogens is 2. The molecule has 5 N–H and O–H groups in total. The lowest BCUT2D eigenvalue weighted by molar-refractivity contribution is -0.137. The average Bonchev–Trinajstić information content (AvgIpc) is 3.69. The van der Waals surface area contributed by atoms with E-state index < -0.39 is 48.4 Å². The molecular formula is C25H25ClFN7O4. The molecule has 2 heterocycles. The van der Waals surface area contributed by atoms with Gasteiger partial charge in [0.1, 0.15) is 6.17 Å². The van der Waals surface area contributed by atoms with Crippen LogP contribution in [0.25, 0.3) is 0 Å². The lowest BCUT2D eigenvalue weighted by Crippen LogP contribution is -2.41. The molecule has 11 nitrogen and oxygen atoms in total. The summed E-state index contributed by atoms with van der Waals surface area (Å²) >= 11 is 6.24. The smallest absolute Gasteiger partial charge is 0.305 e. The maximum Gasteiger partial charge on any atom is 0.305 e. The Bertz CT molecular complexity index is 1330. The first-order valence-electron chi connectivity index (χ1n) is 11.8. The molecule has 2 unspecified atom stereocenters. The Morgan fingerprint density at radius 1 is 1.26 bits per heavy atom. The van der Waals surface area contributed by atoms with Gasteiger partial charge in [-0.25, -0.2) is 9.38 Å². The summed E-state index contributed by atoms with van der Waals surface area (Å²) in [6.07, 6.45) is 2.65. The van der Waals surface area contributed by atoms with Crippen molar-refractivity contribution < 1.29 is 23.9 Å². The van der Waals surface area contributed by atoms with Gasteiger partial charge in [-0.2, -0.15) is 5.26 Å². The van der Waals surface area contributed by atoms with E-state index in [1.54, 1.807) is 18.2 Å². The Hall–Kier alpha value is -4.24. The average molecular weight is 542 g/mol. The fourth-order valence-corrected chi connectivity index (χ4v) is 4.23. The predicted octanol–water partition coefficient (Wildman–Crippen LogP) is 2.06. The van der Waals surface area contributed by atoms with E-state index in [2.05, 4.69) is 37.3 Å². The number of amides is 2. The number of aliphatic imine (C=N–C) groups is 1. The number of alkyl halides is 1. The minimum atomic E-state index is -1.14. The van der Waals surface area contributed by atoms with E-state index in [0.717, 1.165) is 0 Å². The summed E-state index contributed by atoms with van der Waals surface area (Å²) in [5.74, 6) is -1.98. The van der Waals surface area contributed by atoms with E-state index in [0.29, 0.717) is 40.6 Å². The van der Waals surface area contributed by atoms with Gasteiger partial charge in [0.2, 0.25) is 5.91 Å². The number of guanidine groups is 1. The van der Waals surface area contributed by atoms with Gasteiger partial charge in [-0.15, -0.1) is 0 Å². The second kappa shape index (κ2) is 11.4. The highest BCUT2D eigenvalue weighted by molar-refractivity contribution is 6.30. The summed E-state index contributed by atoms with van der Waals surface area (Å²) in [5.41, 5.74) is 1.10. The molecule has 2 amide bonds. The molecule has 0 saturated heterocycles. The molecule has 1 saturated carbocycles. The van der Waals surface area contributed by atoms with Crippen molar-refractivity contribution in [1.29, 1.82) is 5.26 Å². The number of aromatic nitrogens is 1. The van der Waals surface area contributed by atoms with Crippen LogP contribution < -0.4 is 21.3 Å². The number of aliphatic carboxylic acids is 1. The number of nitrogens with one attached hydrogen (secondary N) is 4. The third-order valence-corrected chi connectivity index (χ3v) is 6.38.